The van der Waals surface area contributed by atoms with E-state index < -0.39 is 0 Å². The maximum absolute atomic E-state index is 6.03. The first-order valence-electron chi connectivity index (χ1n) is 7.69. The van der Waals surface area contributed by atoms with Crippen LogP contribution < -0.4 is 5.32 Å². The standard InChI is InChI=1S/C17H28N2O/c1-5-18-11-16(15-9-7-6-8-10-15)19-12-14(2)20-17(3,4)13-19/h6-10,14,16,18H,5,11-13H2,1-4H3. The summed E-state index contributed by atoms with van der Waals surface area (Å²) in [5.41, 5.74) is 1.31. The van der Waals surface area contributed by atoms with Crippen molar-refractivity contribution in [3.63, 3.8) is 0 Å². The summed E-state index contributed by atoms with van der Waals surface area (Å²) in [5, 5.41) is 3.50. The third-order valence-corrected chi connectivity index (χ3v) is 3.81. The van der Waals surface area contributed by atoms with Gasteiger partial charge in [-0.25, -0.2) is 0 Å². The van der Waals surface area contributed by atoms with E-state index >= 15 is 0 Å². The minimum Gasteiger partial charge on any atom is -0.370 e. The number of morpholine rings is 1. The topological polar surface area (TPSA) is 24.5 Å². The Kier molecular flexibility index (Phi) is 5.19. The van der Waals surface area contributed by atoms with Gasteiger partial charge in [-0.1, -0.05) is 37.3 Å². The number of nitrogens with one attached hydrogen (secondary N) is 1. The SMILES string of the molecule is CCNCC(c1ccccc1)N1CC(C)OC(C)(C)C1. The van der Waals surface area contributed by atoms with Crippen molar-refractivity contribution in [2.24, 2.45) is 0 Å². The number of hydrogen-bond donors (Lipinski definition) is 1. The molecule has 0 amide bonds. The molecule has 0 bridgehead atoms. The maximum Gasteiger partial charge on any atom is 0.0757 e. The highest BCUT2D eigenvalue weighted by Gasteiger charge is 2.34. The molecule has 0 aliphatic carbocycles. The molecule has 0 radical (unpaired) electrons. The quantitative estimate of drug-likeness (QED) is 0.895. The summed E-state index contributed by atoms with van der Waals surface area (Å²) >= 11 is 0. The Bertz CT molecular complexity index is 405. The number of likely N-dealkylation sites (N-methyl/N-ethyl adjacent to an activating group) is 1. The van der Waals surface area contributed by atoms with Crippen molar-refractivity contribution in [3.8, 4) is 0 Å². The normalized spacial score (nSPS) is 24.5. The zero-order chi connectivity index (χ0) is 14.6. The van der Waals surface area contributed by atoms with Crippen molar-refractivity contribution >= 4 is 0 Å². The van der Waals surface area contributed by atoms with Gasteiger partial charge in [0.05, 0.1) is 11.7 Å². The summed E-state index contributed by atoms with van der Waals surface area (Å²) in [6.45, 7) is 12.7. The summed E-state index contributed by atoms with van der Waals surface area (Å²) in [7, 11) is 0. The minimum absolute atomic E-state index is 0.0725. The second-order valence-corrected chi connectivity index (χ2v) is 6.35. The van der Waals surface area contributed by atoms with Crippen LogP contribution >= 0.6 is 0 Å². The molecular formula is C17H28N2O. The Morgan fingerprint density at radius 1 is 1.35 bits per heavy atom. The van der Waals surface area contributed by atoms with E-state index in [9.17, 15) is 0 Å². The third kappa shape index (κ3) is 4.05. The van der Waals surface area contributed by atoms with Gasteiger partial charge in [0, 0.05) is 25.7 Å². The van der Waals surface area contributed by atoms with E-state index in [4.69, 9.17) is 4.74 Å². The molecule has 1 saturated heterocycles. The number of nitrogens with zero attached hydrogens (tertiary/aromatic N) is 1. The third-order valence-electron chi connectivity index (χ3n) is 3.81. The van der Waals surface area contributed by atoms with Gasteiger partial charge >= 0.3 is 0 Å². The van der Waals surface area contributed by atoms with Gasteiger partial charge in [0.15, 0.2) is 0 Å². The molecule has 0 saturated carbocycles. The molecule has 1 aromatic rings. The lowest BCUT2D eigenvalue weighted by Crippen LogP contribution is -2.54. The summed E-state index contributed by atoms with van der Waals surface area (Å²) in [6, 6.07) is 11.2. The zero-order valence-electron chi connectivity index (χ0n) is 13.2. The van der Waals surface area contributed by atoms with E-state index in [1.54, 1.807) is 0 Å². The average molecular weight is 276 g/mol. The molecule has 1 aliphatic rings. The molecule has 112 valence electrons. The second-order valence-electron chi connectivity index (χ2n) is 6.35. The van der Waals surface area contributed by atoms with E-state index in [1.807, 2.05) is 0 Å². The second kappa shape index (κ2) is 6.70. The molecule has 2 unspecified atom stereocenters. The van der Waals surface area contributed by atoms with Crippen LogP contribution in [-0.4, -0.2) is 42.8 Å². The number of ether oxygens (including phenoxy) is 1. The average Bonchev–Trinajstić information content (AvgIpc) is 2.38. The zero-order valence-corrected chi connectivity index (χ0v) is 13.2. The number of benzene rings is 1. The minimum atomic E-state index is -0.0725. The van der Waals surface area contributed by atoms with Crippen LogP contribution in [0.1, 0.15) is 39.3 Å². The Morgan fingerprint density at radius 3 is 2.65 bits per heavy atom. The van der Waals surface area contributed by atoms with Crippen LogP contribution in [0.15, 0.2) is 30.3 Å². The van der Waals surface area contributed by atoms with Gasteiger partial charge in [0.1, 0.15) is 0 Å². The molecule has 1 aromatic carbocycles. The smallest absolute Gasteiger partial charge is 0.0757 e. The van der Waals surface area contributed by atoms with Crippen LogP contribution in [0.2, 0.25) is 0 Å². The first kappa shape index (κ1) is 15.5. The first-order valence-corrected chi connectivity index (χ1v) is 7.69. The van der Waals surface area contributed by atoms with Crippen LogP contribution in [0.4, 0.5) is 0 Å². The molecular weight excluding hydrogens is 248 g/mol. The van der Waals surface area contributed by atoms with Crippen molar-refractivity contribution in [1.29, 1.82) is 0 Å². The van der Waals surface area contributed by atoms with E-state index in [0.717, 1.165) is 26.2 Å². The van der Waals surface area contributed by atoms with Gasteiger partial charge < -0.3 is 10.1 Å². The molecule has 1 N–H and O–H groups in total. The Balaban J connectivity index is 2.18. The molecule has 1 fully saturated rings. The predicted molar refractivity (Wildman–Crippen MR) is 83.9 cm³/mol. The Hall–Kier alpha value is -0.900. The monoisotopic (exact) mass is 276 g/mol. The predicted octanol–water partition coefficient (Wildman–Crippen LogP) is 2.84. The molecule has 2 atom stereocenters. The van der Waals surface area contributed by atoms with Gasteiger partial charge in [-0.3, -0.25) is 4.90 Å². The highest BCUT2D eigenvalue weighted by molar-refractivity contribution is 5.20. The van der Waals surface area contributed by atoms with E-state index in [0.29, 0.717) is 6.04 Å². The van der Waals surface area contributed by atoms with Crippen LogP contribution in [0.3, 0.4) is 0 Å². The Labute approximate surface area is 123 Å². The van der Waals surface area contributed by atoms with Crippen molar-refractivity contribution in [2.45, 2.75) is 45.4 Å². The largest absolute Gasteiger partial charge is 0.370 e. The van der Waals surface area contributed by atoms with Crippen molar-refractivity contribution < 1.29 is 4.74 Å². The van der Waals surface area contributed by atoms with E-state index in [2.05, 4.69) is 68.2 Å². The molecule has 3 nitrogen and oxygen atoms in total. The van der Waals surface area contributed by atoms with Crippen molar-refractivity contribution in [1.82, 2.24) is 10.2 Å². The fourth-order valence-electron chi connectivity index (χ4n) is 3.15. The van der Waals surface area contributed by atoms with Gasteiger partial charge in [-0.2, -0.15) is 0 Å². The van der Waals surface area contributed by atoms with Crippen LogP contribution in [0, 0.1) is 0 Å². The summed E-state index contributed by atoms with van der Waals surface area (Å²) in [6.07, 6.45) is 0.284. The molecule has 0 aromatic heterocycles. The fraction of sp³-hybridized carbons (Fsp3) is 0.647. The van der Waals surface area contributed by atoms with Crippen LogP contribution in [0.5, 0.6) is 0 Å². The lowest BCUT2D eigenvalue weighted by molar-refractivity contribution is -0.138. The van der Waals surface area contributed by atoms with E-state index in [1.165, 1.54) is 5.56 Å². The maximum atomic E-state index is 6.03. The highest BCUT2D eigenvalue weighted by Crippen LogP contribution is 2.28. The molecule has 3 heteroatoms. The lowest BCUT2D eigenvalue weighted by Gasteiger charge is -2.45. The van der Waals surface area contributed by atoms with E-state index in [-0.39, 0.29) is 11.7 Å². The Morgan fingerprint density at radius 2 is 2.05 bits per heavy atom. The molecule has 1 aliphatic heterocycles. The lowest BCUT2D eigenvalue weighted by atomic mass is 9.99. The number of hydrogen-bond acceptors (Lipinski definition) is 3. The summed E-state index contributed by atoms with van der Waals surface area (Å²) in [5.74, 6) is 0. The van der Waals surface area contributed by atoms with Gasteiger partial charge in [-0.15, -0.1) is 0 Å². The van der Waals surface area contributed by atoms with Crippen molar-refractivity contribution in [3.05, 3.63) is 35.9 Å². The summed E-state index contributed by atoms with van der Waals surface area (Å²) < 4.78 is 6.03. The summed E-state index contributed by atoms with van der Waals surface area (Å²) in [4.78, 5) is 2.56. The first-order chi connectivity index (χ1) is 9.52. The van der Waals surface area contributed by atoms with Gasteiger partial charge in [0.25, 0.3) is 0 Å². The van der Waals surface area contributed by atoms with Gasteiger partial charge in [-0.05, 0) is 32.9 Å². The van der Waals surface area contributed by atoms with Crippen LogP contribution in [-0.2, 0) is 4.74 Å². The van der Waals surface area contributed by atoms with Gasteiger partial charge in [0.2, 0.25) is 0 Å². The molecule has 0 spiro atoms. The molecule has 1 heterocycles. The fourth-order valence-corrected chi connectivity index (χ4v) is 3.15. The number of rotatable bonds is 5. The molecule has 2 rings (SSSR count). The molecule has 20 heavy (non-hydrogen) atoms. The van der Waals surface area contributed by atoms with Crippen LogP contribution in [0.25, 0.3) is 0 Å². The van der Waals surface area contributed by atoms with Crippen molar-refractivity contribution in [2.75, 3.05) is 26.2 Å². The highest BCUT2D eigenvalue weighted by atomic mass is 16.5.